The van der Waals surface area contributed by atoms with Gasteiger partial charge in [0.15, 0.2) is 0 Å². The van der Waals surface area contributed by atoms with Crippen LogP contribution in [0.3, 0.4) is 0 Å². The van der Waals surface area contributed by atoms with Gasteiger partial charge in [0, 0.05) is 16.3 Å². The van der Waals surface area contributed by atoms with E-state index in [1.54, 1.807) is 12.1 Å². The van der Waals surface area contributed by atoms with Gasteiger partial charge in [-0.05, 0) is 48.9 Å². The summed E-state index contributed by atoms with van der Waals surface area (Å²) in [6, 6.07) is 8.46. The lowest BCUT2D eigenvalue weighted by Gasteiger charge is -2.11. The monoisotopic (exact) mass is 329 g/mol. The Balaban J connectivity index is 2.40. The van der Waals surface area contributed by atoms with Gasteiger partial charge in [-0.3, -0.25) is 4.72 Å². The van der Waals surface area contributed by atoms with Gasteiger partial charge in [-0.2, -0.15) is 0 Å². The smallest absolute Gasteiger partial charge is 0.261 e. The summed E-state index contributed by atoms with van der Waals surface area (Å²) in [5.41, 5.74) is 0.427. The molecular weight excluding hydrogens is 317 g/mol. The molecule has 0 aliphatic carbocycles. The molecule has 0 radical (unpaired) electrons. The van der Waals surface area contributed by atoms with Gasteiger partial charge in [0.25, 0.3) is 10.0 Å². The Morgan fingerprint density at radius 2 is 1.86 bits per heavy atom. The fraction of sp³-hybridized carbons (Fsp3) is 0.143. The molecule has 0 aliphatic rings. The Hall–Kier alpha value is -1.63. The molecule has 0 atom stereocenters. The second-order valence-corrected chi connectivity index (χ2v) is 6.60. The highest BCUT2D eigenvalue weighted by Crippen LogP contribution is 2.22. The lowest BCUT2D eigenvalue weighted by Crippen LogP contribution is -2.14. The van der Waals surface area contributed by atoms with E-state index in [9.17, 15) is 12.8 Å². The molecule has 7 heteroatoms. The Labute approximate surface area is 127 Å². The second kappa shape index (κ2) is 6.01. The molecule has 4 nitrogen and oxygen atoms in total. The molecular formula is C14H13ClFNO3S. The molecule has 2 aromatic carbocycles. The molecule has 2 N–H and O–H groups in total. The van der Waals surface area contributed by atoms with Gasteiger partial charge in [-0.15, -0.1) is 0 Å². The molecule has 0 spiro atoms. The fourth-order valence-corrected chi connectivity index (χ4v) is 3.13. The van der Waals surface area contributed by atoms with Crippen LogP contribution in [-0.4, -0.2) is 13.5 Å². The van der Waals surface area contributed by atoms with E-state index in [0.29, 0.717) is 10.7 Å². The first-order chi connectivity index (χ1) is 9.83. The van der Waals surface area contributed by atoms with Crippen molar-refractivity contribution in [3.8, 4) is 0 Å². The standard InChI is InChI=1S/C14H13ClFNO3S/c1-9-6-13(7-10(8-18)14(9)16)21(19,20)17-12-4-2-11(15)3-5-12/h2-7,17-18H,8H2,1H3. The van der Waals surface area contributed by atoms with Crippen LogP contribution in [0.4, 0.5) is 10.1 Å². The number of benzene rings is 2. The minimum absolute atomic E-state index is 0.0634. The highest BCUT2D eigenvalue weighted by molar-refractivity contribution is 7.92. The summed E-state index contributed by atoms with van der Waals surface area (Å²) >= 11 is 5.73. The summed E-state index contributed by atoms with van der Waals surface area (Å²) in [5, 5.41) is 9.57. The van der Waals surface area contributed by atoms with Crippen LogP contribution in [0.2, 0.25) is 5.02 Å². The van der Waals surface area contributed by atoms with Gasteiger partial charge < -0.3 is 5.11 Å². The van der Waals surface area contributed by atoms with E-state index in [0.717, 1.165) is 6.07 Å². The first-order valence-electron chi connectivity index (χ1n) is 6.02. The number of hydrogen-bond donors (Lipinski definition) is 2. The summed E-state index contributed by atoms with van der Waals surface area (Å²) in [7, 11) is -3.87. The van der Waals surface area contributed by atoms with E-state index in [-0.39, 0.29) is 16.0 Å². The van der Waals surface area contributed by atoms with Gasteiger partial charge in [-0.1, -0.05) is 11.6 Å². The minimum atomic E-state index is -3.87. The van der Waals surface area contributed by atoms with Crippen LogP contribution in [0.15, 0.2) is 41.3 Å². The Morgan fingerprint density at radius 1 is 1.24 bits per heavy atom. The normalized spacial score (nSPS) is 11.4. The van der Waals surface area contributed by atoms with Gasteiger partial charge >= 0.3 is 0 Å². The zero-order valence-electron chi connectivity index (χ0n) is 11.1. The summed E-state index contributed by atoms with van der Waals surface area (Å²) in [4.78, 5) is -0.111. The number of hydrogen-bond acceptors (Lipinski definition) is 3. The van der Waals surface area contributed by atoms with E-state index in [1.807, 2.05) is 0 Å². The fourth-order valence-electron chi connectivity index (χ4n) is 1.81. The maximum Gasteiger partial charge on any atom is 0.261 e. The summed E-state index contributed by atoms with van der Waals surface area (Å²) < 4.78 is 40.6. The number of rotatable bonds is 4. The van der Waals surface area contributed by atoms with E-state index in [2.05, 4.69) is 4.72 Å². The maximum atomic E-state index is 13.7. The molecule has 0 amide bonds. The zero-order valence-corrected chi connectivity index (χ0v) is 12.7. The SMILES string of the molecule is Cc1cc(S(=O)(=O)Nc2ccc(Cl)cc2)cc(CO)c1F. The number of aliphatic hydroxyl groups is 1. The van der Waals surface area contributed by atoms with Crippen molar-refractivity contribution in [2.75, 3.05) is 4.72 Å². The Kier molecular flexibility index (Phi) is 4.51. The number of halogens is 2. The van der Waals surface area contributed by atoms with Crippen LogP contribution in [0.1, 0.15) is 11.1 Å². The molecule has 0 unspecified atom stereocenters. The van der Waals surface area contributed by atoms with Crippen molar-refractivity contribution in [1.29, 1.82) is 0 Å². The van der Waals surface area contributed by atoms with Crippen LogP contribution in [0.5, 0.6) is 0 Å². The molecule has 0 saturated heterocycles. The quantitative estimate of drug-likeness (QED) is 0.906. The largest absolute Gasteiger partial charge is 0.392 e. The third-order valence-electron chi connectivity index (χ3n) is 2.88. The van der Waals surface area contributed by atoms with Gasteiger partial charge in [0.2, 0.25) is 0 Å². The summed E-state index contributed by atoms with van der Waals surface area (Å²) in [5.74, 6) is -0.608. The lowest BCUT2D eigenvalue weighted by molar-refractivity contribution is 0.275. The number of aryl methyl sites for hydroxylation is 1. The van der Waals surface area contributed by atoms with E-state index in [4.69, 9.17) is 16.7 Å². The average molecular weight is 330 g/mol. The predicted molar refractivity (Wildman–Crippen MR) is 79.3 cm³/mol. The molecule has 2 aromatic rings. The van der Waals surface area contributed by atoms with Crippen LogP contribution in [0.25, 0.3) is 0 Å². The van der Waals surface area contributed by atoms with E-state index >= 15 is 0 Å². The Morgan fingerprint density at radius 3 is 2.43 bits per heavy atom. The van der Waals surface area contributed by atoms with Crippen LogP contribution in [0, 0.1) is 12.7 Å². The second-order valence-electron chi connectivity index (χ2n) is 4.48. The molecule has 0 bridgehead atoms. The number of anilines is 1. The molecule has 0 aliphatic heterocycles. The molecule has 0 aromatic heterocycles. The molecule has 0 fully saturated rings. The van der Waals surface area contributed by atoms with Crippen molar-refractivity contribution in [2.45, 2.75) is 18.4 Å². The van der Waals surface area contributed by atoms with Crippen molar-refractivity contribution in [3.05, 3.63) is 58.4 Å². The van der Waals surface area contributed by atoms with Crippen molar-refractivity contribution in [1.82, 2.24) is 0 Å². The van der Waals surface area contributed by atoms with Gasteiger partial charge in [0.1, 0.15) is 5.82 Å². The summed E-state index contributed by atoms with van der Waals surface area (Å²) in [6.45, 7) is 0.868. The third-order valence-corrected chi connectivity index (χ3v) is 4.49. The first kappa shape index (κ1) is 15.8. The Bertz CT molecular complexity index is 761. The van der Waals surface area contributed by atoms with Crippen LogP contribution in [-0.2, 0) is 16.6 Å². The molecule has 2 rings (SSSR count). The van der Waals surface area contributed by atoms with Crippen molar-refractivity contribution >= 4 is 27.3 Å². The summed E-state index contributed by atoms with van der Waals surface area (Å²) in [6.07, 6.45) is 0. The number of aliphatic hydroxyl groups excluding tert-OH is 1. The van der Waals surface area contributed by atoms with E-state index in [1.165, 1.54) is 25.1 Å². The van der Waals surface area contributed by atoms with Crippen molar-refractivity contribution in [2.24, 2.45) is 0 Å². The lowest BCUT2D eigenvalue weighted by atomic mass is 10.1. The highest BCUT2D eigenvalue weighted by Gasteiger charge is 2.18. The molecule has 0 heterocycles. The highest BCUT2D eigenvalue weighted by atomic mass is 35.5. The van der Waals surface area contributed by atoms with E-state index < -0.39 is 22.4 Å². The van der Waals surface area contributed by atoms with Crippen LogP contribution < -0.4 is 4.72 Å². The topological polar surface area (TPSA) is 66.4 Å². The number of sulfonamides is 1. The number of nitrogens with one attached hydrogen (secondary N) is 1. The predicted octanol–water partition coefficient (Wildman–Crippen LogP) is 3.08. The average Bonchev–Trinajstić information content (AvgIpc) is 2.44. The van der Waals surface area contributed by atoms with Gasteiger partial charge in [0.05, 0.1) is 11.5 Å². The van der Waals surface area contributed by atoms with Crippen molar-refractivity contribution in [3.63, 3.8) is 0 Å². The van der Waals surface area contributed by atoms with Crippen molar-refractivity contribution < 1.29 is 17.9 Å². The molecule has 0 saturated carbocycles. The molecule has 21 heavy (non-hydrogen) atoms. The third kappa shape index (κ3) is 3.53. The molecule has 112 valence electrons. The van der Waals surface area contributed by atoms with Gasteiger partial charge in [-0.25, -0.2) is 12.8 Å². The first-order valence-corrected chi connectivity index (χ1v) is 7.88. The minimum Gasteiger partial charge on any atom is -0.392 e. The zero-order chi connectivity index (χ0) is 15.6. The van der Waals surface area contributed by atoms with Crippen LogP contribution >= 0.6 is 11.6 Å². The maximum absolute atomic E-state index is 13.7.